The Morgan fingerprint density at radius 3 is 2.31 bits per heavy atom. The standard InChI is InChI=1S/C20H27N3O2S/c1-6-25-18-12-11-16(13-17(18)21-5)26-23-15-9-7-14(8-10-15)22-19(24)20(2,3)4/h7-13,21,23H,6H2,1-5H3,(H,22,24). The van der Waals surface area contributed by atoms with Crippen LogP contribution in [0, 0.1) is 5.41 Å². The third kappa shape index (κ3) is 5.59. The van der Waals surface area contributed by atoms with E-state index in [1.807, 2.05) is 77.2 Å². The van der Waals surface area contributed by atoms with Crippen molar-refractivity contribution in [3.05, 3.63) is 42.5 Å². The van der Waals surface area contributed by atoms with Crippen molar-refractivity contribution < 1.29 is 9.53 Å². The summed E-state index contributed by atoms with van der Waals surface area (Å²) in [5.74, 6) is 0.847. The average molecular weight is 374 g/mol. The van der Waals surface area contributed by atoms with E-state index in [1.54, 1.807) is 0 Å². The Bertz CT molecular complexity index is 740. The van der Waals surface area contributed by atoms with Gasteiger partial charge in [0.1, 0.15) is 5.75 Å². The lowest BCUT2D eigenvalue weighted by atomic mass is 9.95. The van der Waals surface area contributed by atoms with Crippen LogP contribution in [-0.2, 0) is 4.79 Å². The van der Waals surface area contributed by atoms with Gasteiger partial charge in [-0.15, -0.1) is 0 Å². The summed E-state index contributed by atoms with van der Waals surface area (Å²) in [6.07, 6.45) is 0. The lowest BCUT2D eigenvalue weighted by Gasteiger charge is -2.17. The molecule has 2 rings (SSSR count). The normalized spacial score (nSPS) is 11.0. The van der Waals surface area contributed by atoms with Crippen molar-refractivity contribution >= 4 is 34.9 Å². The van der Waals surface area contributed by atoms with E-state index >= 15 is 0 Å². The monoisotopic (exact) mass is 373 g/mol. The van der Waals surface area contributed by atoms with E-state index in [2.05, 4.69) is 15.4 Å². The van der Waals surface area contributed by atoms with E-state index in [4.69, 9.17) is 4.74 Å². The summed E-state index contributed by atoms with van der Waals surface area (Å²) >= 11 is 1.52. The highest BCUT2D eigenvalue weighted by atomic mass is 32.2. The zero-order valence-electron chi connectivity index (χ0n) is 16.0. The van der Waals surface area contributed by atoms with Gasteiger partial charge in [0.25, 0.3) is 0 Å². The number of hydrogen-bond acceptors (Lipinski definition) is 5. The third-order valence-corrected chi connectivity index (χ3v) is 4.46. The molecule has 0 saturated heterocycles. The average Bonchev–Trinajstić information content (AvgIpc) is 2.61. The van der Waals surface area contributed by atoms with Gasteiger partial charge in [-0.1, -0.05) is 20.8 Å². The van der Waals surface area contributed by atoms with Crippen LogP contribution in [0.5, 0.6) is 5.75 Å². The summed E-state index contributed by atoms with van der Waals surface area (Å²) in [6.45, 7) is 8.29. The fourth-order valence-electron chi connectivity index (χ4n) is 2.11. The van der Waals surface area contributed by atoms with E-state index in [1.165, 1.54) is 11.9 Å². The first-order valence-corrected chi connectivity index (χ1v) is 9.44. The molecule has 0 spiro atoms. The minimum atomic E-state index is -0.411. The zero-order chi connectivity index (χ0) is 19.2. The molecule has 6 heteroatoms. The number of hydrogen-bond donors (Lipinski definition) is 3. The SMILES string of the molecule is CCOc1ccc(SNc2ccc(NC(=O)C(C)(C)C)cc2)cc1NC. The Labute approximate surface area is 160 Å². The molecule has 0 aliphatic carbocycles. The van der Waals surface area contributed by atoms with Crippen LogP contribution in [0.3, 0.4) is 0 Å². The topological polar surface area (TPSA) is 62.4 Å². The summed E-state index contributed by atoms with van der Waals surface area (Å²) in [5.41, 5.74) is 2.30. The molecular formula is C20H27N3O2S. The van der Waals surface area contributed by atoms with E-state index in [9.17, 15) is 4.79 Å². The van der Waals surface area contributed by atoms with Gasteiger partial charge in [0.2, 0.25) is 5.91 Å². The number of carbonyl (C=O) groups is 1. The highest BCUT2D eigenvalue weighted by Gasteiger charge is 2.20. The van der Waals surface area contributed by atoms with Crippen LogP contribution in [0.2, 0.25) is 0 Å². The van der Waals surface area contributed by atoms with Crippen molar-refractivity contribution in [3.8, 4) is 5.75 Å². The second-order valence-electron chi connectivity index (χ2n) is 6.83. The van der Waals surface area contributed by atoms with Crippen molar-refractivity contribution in [3.63, 3.8) is 0 Å². The summed E-state index contributed by atoms with van der Waals surface area (Å²) in [5, 5.41) is 6.07. The summed E-state index contributed by atoms with van der Waals surface area (Å²) < 4.78 is 8.90. The highest BCUT2D eigenvalue weighted by Crippen LogP contribution is 2.31. The van der Waals surface area contributed by atoms with Crippen molar-refractivity contribution in [1.29, 1.82) is 0 Å². The molecule has 0 atom stereocenters. The van der Waals surface area contributed by atoms with Gasteiger partial charge in [-0.2, -0.15) is 0 Å². The molecule has 26 heavy (non-hydrogen) atoms. The molecule has 1 amide bonds. The van der Waals surface area contributed by atoms with Crippen molar-refractivity contribution in [1.82, 2.24) is 0 Å². The van der Waals surface area contributed by atoms with Crippen LogP contribution >= 0.6 is 11.9 Å². The van der Waals surface area contributed by atoms with Crippen molar-refractivity contribution in [2.24, 2.45) is 5.41 Å². The maximum atomic E-state index is 12.0. The number of nitrogens with one attached hydrogen (secondary N) is 3. The lowest BCUT2D eigenvalue weighted by molar-refractivity contribution is -0.123. The number of benzene rings is 2. The molecule has 5 nitrogen and oxygen atoms in total. The van der Waals surface area contributed by atoms with Crippen LogP contribution in [0.15, 0.2) is 47.4 Å². The molecule has 0 fully saturated rings. The first-order valence-electron chi connectivity index (χ1n) is 8.62. The predicted octanol–water partition coefficient (Wildman–Crippen LogP) is 5.23. The number of rotatable bonds is 7. The number of ether oxygens (including phenoxy) is 1. The molecule has 0 saturated carbocycles. The largest absolute Gasteiger partial charge is 0.492 e. The van der Waals surface area contributed by atoms with Gasteiger partial charge in [0.05, 0.1) is 12.3 Å². The minimum absolute atomic E-state index is 0.00145. The van der Waals surface area contributed by atoms with Gasteiger partial charge < -0.3 is 20.1 Å². The van der Waals surface area contributed by atoms with Crippen LogP contribution in [0.25, 0.3) is 0 Å². The third-order valence-electron chi connectivity index (χ3n) is 3.63. The Morgan fingerprint density at radius 1 is 1.08 bits per heavy atom. The Morgan fingerprint density at radius 2 is 1.73 bits per heavy atom. The second-order valence-corrected chi connectivity index (χ2v) is 7.71. The Hall–Kier alpha value is -2.34. The first kappa shape index (κ1) is 20.0. The molecule has 0 aromatic heterocycles. The first-order chi connectivity index (χ1) is 12.3. The van der Waals surface area contributed by atoms with Crippen molar-refractivity contribution in [2.45, 2.75) is 32.6 Å². The number of carbonyl (C=O) groups excluding carboxylic acids is 1. The summed E-state index contributed by atoms with van der Waals surface area (Å²) in [6, 6.07) is 13.7. The maximum Gasteiger partial charge on any atom is 0.229 e. The quantitative estimate of drug-likeness (QED) is 0.580. The molecule has 0 bridgehead atoms. The molecule has 0 heterocycles. The van der Waals surface area contributed by atoms with Crippen LogP contribution in [-0.4, -0.2) is 19.6 Å². The zero-order valence-corrected chi connectivity index (χ0v) is 16.8. The molecule has 0 radical (unpaired) electrons. The highest BCUT2D eigenvalue weighted by molar-refractivity contribution is 8.00. The Balaban J connectivity index is 1.96. The van der Waals surface area contributed by atoms with Crippen LogP contribution in [0.1, 0.15) is 27.7 Å². The molecule has 3 N–H and O–H groups in total. The molecule has 0 aliphatic heterocycles. The molecule has 2 aromatic carbocycles. The van der Waals surface area contributed by atoms with Gasteiger partial charge in [0, 0.05) is 28.7 Å². The predicted molar refractivity (Wildman–Crippen MR) is 111 cm³/mol. The lowest BCUT2D eigenvalue weighted by Crippen LogP contribution is -2.27. The van der Waals surface area contributed by atoms with Gasteiger partial charge in [-0.05, 0) is 61.3 Å². The van der Waals surface area contributed by atoms with Crippen LogP contribution < -0.4 is 20.1 Å². The number of anilines is 3. The fourth-order valence-corrected chi connectivity index (χ4v) is 2.79. The summed E-state index contributed by atoms with van der Waals surface area (Å²) in [7, 11) is 1.88. The van der Waals surface area contributed by atoms with Gasteiger partial charge in [-0.3, -0.25) is 4.79 Å². The van der Waals surface area contributed by atoms with Gasteiger partial charge in [0.15, 0.2) is 0 Å². The van der Waals surface area contributed by atoms with Gasteiger partial charge in [-0.25, -0.2) is 0 Å². The fraction of sp³-hybridized carbons (Fsp3) is 0.350. The minimum Gasteiger partial charge on any atom is -0.492 e. The van der Waals surface area contributed by atoms with E-state index in [0.717, 1.165) is 27.7 Å². The molecule has 0 unspecified atom stereocenters. The maximum absolute atomic E-state index is 12.0. The van der Waals surface area contributed by atoms with Gasteiger partial charge >= 0.3 is 0 Å². The molecular weight excluding hydrogens is 346 g/mol. The molecule has 0 aliphatic rings. The van der Waals surface area contributed by atoms with E-state index in [-0.39, 0.29) is 5.91 Å². The van der Waals surface area contributed by atoms with Crippen molar-refractivity contribution in [2.75, 3.05) is 29.0 Å². The van der Waals surface area contributed by atoms with Crippen LogP contribution in [0.4, 0.5) is 17.1 Å². The smallest absolute Gasteiger partial charge is 0.229 e. The number of amides is 1. The van der Waals surface area contributed by atoms with E-state index < -0.39 is 5.41 Å². The second kappa shape index (κ2) is 8.85. The van der Waals surface area contributed by atoms with E-state index in [0.29, 0.717) is 6.61 Å². The Kier molecular flexibility index (Phi) is 6.80. The summed E-state index contributed by atoms with van der Waals surface area (Å²) in [4.78, 5) is 13.1. The molecule has 140 valence electrons. The molecule has 2 aromatic rings.